The lowest BCUT2D eigenvalue weighted by atomic mass is 10.1. The molecule has 0 unspecified atom stereocenters. The first-order valence-electron chi connectivity index (χ1n) is 10.5. The van der Waals surface area contributed by atoms with Crippen molar-refractivity contribution in [2.75, 3.05) is 43.2 Å². The summed E-state index contributed by atoms with van der Waals surface area (Å²) in [6.07, 6.45) is 1.69. The lowest BCUT2D eigenvalue weighted by Crippen LogP contribution is -2.49. The van der Waals surface area contributed by atoms with E-state index in [1.54, 1.807) is 59.6 Å². The largest absolute Gasteiger partial charge is 0.454 e. The van der Waals surface area contributed by atoms with Crippen LogP contribution in [0.1, 0.15) is 20.7 Å². The molecule has 2 amide bonds. The molecule has 5 rings (SSSR count). The average Bonchev–Trinajstić information content (AvgIpc) is 3.32. The van der Waals surface area contributed by atoms with E-state index in [9.17, 15) is 9.59 Å². The number of amides is 2. The van der Waals surface area contributed by atoms with Crippen LogP contribution in [0, 0.1) is 0 Å². The quantitative estimate of drug-likeness (QED) is 0.634. The molecule has 2 aliphatic rings. The zero-order valence-corrected chi connectivity index (χ0v) is 18.4. The molecule has 1 N–H and O–H groups in total. The second-order valence-electron chi connectivity index (χ2n) is 7.69. The van der Waals surface area contributed by atoms with Crippen LogP contribution in [0.5, 0.6) is 11.5 Å². The minimum absolute atomic E-state index is 0.0468. The van der Waals surface area contributed by atoms with Crippen molar-refractivity contribution in [1.29, 1.82) is 0 Å². The fourth-order valence-corrected chi connectivity index (χ4v) is 4.09. The molecule has 3 heterocycles. The zero-order chi connectivity index (χ0) is 22.8. The third-order valence-corrected chi connectivity index (χ3v) is 5.84. The Morgan fingerprint density at radius 2 is 1.73 bits per heavy atom. The minimum atomic E-state index is -0.266. The lowest BCUT2D eigenvalue weighted by Gasteiger charge is -2.36. The third-order valence-electron chi connectivity index (χ3n) is 5.61. The first-order valence-corrected chi connectivity index (χ1v) is 10.9. The molecule has 0 bridgehead atoms. The fraction of sp³-hybridized carbons (Fsp3) is 0.208. The molecule has 0 radical (unpaired) electrons. The number of nitrogens with one attached hydrogen (secondary N) is 1. The Bertz CT molecular complexity index is 1210. The average molecular weight is 465 g/mol. The molecule has 0 saturated carbocycles. The van der Waals surface area contributed by atoms with Gasteiger partial charge in [0, 0.05) is 48.5 Å². The summed E-state index contributed by atoms with van der Waals surface area (Å²) in [6, 6.07) is 15.6. The number of aromatic nitrogens is 1. The first-order chi connectivity index (χ1) is 16.1. The number of piperazine rings is 1. The number of halogens is 1. The number of anilines is 2. The van der Waals surface area contributed by atoms with E-state index in [4.69, 9.17) is 21.1 Å². The maximum atomic E-state index is 12.9. The van der Waals surface area contributed by atoms with Gasteiger partial charge in [-0.2, -0.15) is 0 Å². The molecule has 3 aromatic rings. The summed E-state index contributed by atoms with van der Waals surface area (Å²) in [6.45, 7) is 2.42. The van der Waals surface area contributed by atoms with E-state index in [2.05, 4.69) is 15.2 Å². The number of fused-ring (bicyclic) bond motifs is 1. The number of ether oxygens (including phenoxy) is 2. The van der Waals surface area contributed by atoms with Crippen LogP contribution in [-0.2, 0) is 0 Å². The maximum Gasteiger partial charge on any atom is 0.255 e. The van der Waals surface area contributed by atoms with Gasteiger partial charge in [-0.15, -0.1) is 0 Å². The molecule has 2 aromatic carbocycles. The number of rotatable bonds is 4. The van der Waals surface area contributed by atoms with Crippen molar-refractivity contribution in [3.63, 3.8) is 0 Å². The monoisotopic (exact) mass is 464 g/mol. The number of hydrogen-bond donors (Lipinski definition) is 1. The van der Waals surface area contributed by atoms with Crippen LogP contribution in [0.4, 0.5) is 11.5 Å². The van der Waals surface area contributed by atoms with Gasteiger partial charge in [0.1, 0.15) is 0 Å². The molecule has 2 aliphatic heterocycles. The molecule has 1 fully saturated rings. The van der Waals surface area contributed by atoms with Crippen molar-refractivity contribution in [1.82, 2.24) is 9.88 Å². The SMILES string of the molecule is O=C(Nc1cccnc1N1CCN(C(=O)c2cccc(Cl)c2)CC1)c1ccc2c(c1)OCO2. The zero-order valence-electron chi connectivity index (χ0n) is 17.7. The third kappa shape index (κ3) is 4.42. The molecular formula is C24H21ClN4O4. The Morgan fingerprint density at radius 3 is 2.55 bits per heavy atom. The second kappa shape index (κ2) is 8.99. The van der Waals surface area contributed by atoms with E-state index in [1.165, 1.54) is 0 Å². The van der Waals surface area contributed by atoms with E-state index >= 15 is 0 Å². The Balaban J connectivity index is 1.27. The number of carbonyl (C=O) groups excluding carboxylic acids is 2. The van der Waals surface area contributed by atoms with E-state index in [0.29, 0.717) is 65.3 Å². The van der Waals surface area contributed by atoms with Gasteiger partial charge in [0.2, 0.25) is 6.79 Å². The number of carbonyl (C=O) groups is 2. The molecule has 1 aromatic heterocycles. The van der Waals surface area contributed by atoms with Gasteiger partial charge in [0.25, 0.3) is 11.8 Å². The van der Waals surface area contributed by atoms with Crippen molar-refractivity contribution >= 4 is 34.9 Å². The summed E-state index contributed by atoms with van der Waals surface area (Å²) in [5, 5.41) is 3.48. The normalized spacial score (nSPS) is 14.8. The molecule has 9 heteroatoms. The van der Waals surface area contributed by atoms with Crippen LogP contribution in [0.15, 0.2) is 60.8 Å². The molecule has 0 atom stereocenters. The highest BCUT2D eigenvalue weighted by molar-refractivity contribution is 6.31. The number of benzene rings is 2. The molecular weight excluding hydrogens is 444 g/mol. The van der Waals surface area contributed by atoms with E-state index < -0.39 is 0 Å². The van der Waals surface area contributed by atoms with Gasteiger partial charge >= 0.3 is 0 Å². The number of hydrogen-bond acceptors (Lipinski definition) is 6. The van der Waals surface area contributed by atoms with Gasteiger partial charge < -0.3 is 24.6 Å². The van der Waals surface area contributed by atoms with Crippen LogP contribution in [0.3, 0.4) is 0 Å². The predicted molar refractivity (Wildman–Crippen MR) is 124 cm³/mol. The maximum absolute atomic E-state index is 12.9. The highest BCUT2D eigenvalue weighted by Gasteiger charge is 2.25. The topological polar surface area (TPSA) is 84.0 Å². The van der Waals surface area contributed by atoms with Crippen molar-refractivity contribution in [3.8, 4) is 11.5 Å². The molecule has 0 spiro atoms. The molecule has 0 aliphatic carbocycles. The van der Waals surface area contributed by atoms with Crippen LogP contribution < -0.4 is 19.7 Å². The number of pyridine rings is 1. The van der Waals surface area contributed by atoms with E-state index in [-0.39, 0.29) is 18.6 Å². The highest BCUT2D eigenvalue weighted by Crippen LogP contribution is 2.33. The molecule has 1 saturated heterocycles. The Morgan fingerprint density at radius 1 is 0.909 bits per heavy atom. The number of nitrogens with zero attached hydrogens (tertiary/aromatic N) is 3. The van der Waals surface area contributed by atoms with Gasteiger partial charge in [-0.1, -0.05) is 17.7 Å². The van der Waals surface area contributed by atoms with Crippen molar-refractivity contribution < 1.29 is 19.1 Å². The van der Waals surface area contributed by atoms with Crippen LogP contribution in [-0.4, -0.2) is 54.7 Å². The molecule has 168 valence electrons. The van der Waals surface area contributed by atoms with Crippen LogP contribution >= 0.6 is 11.6 Å². The summed E-state index contributed by atoms with van der Waals surface area (Å²) >= 11 is 6.03. The van der Waals surface area contributed by atoms with E-state index in [0.717, 1.165) is 0 Å². The van der Waals surface area contributed by atoms with Gasteiger partial charge in [-0.05, 0) is 48.5 Å². The Kier molecular flexibility index (Phi) is 5.75. The Hall–Kier alpha value is -3.78. The van der Waals surface area contributed by atoms with Crippen molar-refractivity contribution in [2.45, 2.75) is 0 Å². The van der Waals surface area contributed by atoms with Gasteiger partial charge in [0.15, 0.2) is 17.3 Å². The van der Waals surface area contributed by atoms with Gasteiger partial charge in [0.05, 0.1) is 5.69 Å². The summed E-state index contributed by atoms with van der Waals surface area (Å²) in [7, 11) is 0. The predicted octanol–water partition coefficient (Wildman–Crippen LogP) is 3.68. The van der Waals surface area contributed by atoms with Gasteiger partial charge in [-0.25, -0.2) is 4.98 Å². The molecule has 8 nitrogen and oxygen atoms in total. The van der Waals surface area contributed by atoms with Crippen molar-refractivity contribution in [2.24, 2.45) is 0 Å². The highest BCUT2D eigenvalue weighted by atomic mass is 35.5. The summed E-state index contributed by atoms with van der Waals surface area (Å²) in [5.74, 6) is 1.53. The van der Waals surface area contributed by atoms with E-state index in [1.807, 2.05) is 6.07 Å². The minimum Gasteiger partial charge on any atom is -0.454 e. The summed E-state index contributed by atoms with van der Waals surface area (Å²) < 4.78 is 10.7. The lowest BCUT2D eigenvalue weighted by molar-refractivity contribution is 0.0746. The van der Waals surface area contributed by atoms with Gasteiger partial charge in [-0.3, -0.25) is 9.59 Å². The summed E-state index contributed by atoms with van der Waals surface area (Å²) in [4.78, 5) is 34.0. The van der Waals surface area contributed by atoms with Crippen molar-refractivity contribution in [3.05, 3.63) is 76.9 Å². The van der Waals surface area contributed by atoms with Crippen LogP contribution in [0.25, 0.3) is 0 Å². The van der Waals surface area contributed by atoms with Crippen LogP contribution in [0.2, 0.25) is 5.02 Å². The molecule has 33 heavy (non-hydrogen) atoms. The Labute approximate surface area is 195 Å². The fourth-order valence-electron chi connectivity index (χ4n) is 3.90. The smallest absolute Gasteiger partial charge is 0.255 e. The standard InChI is InChI=1S/C24H21ClN4O4/c25-18-4-1-3-17(13-18)24(31)29-11-9-28(10-12-29)22-19(5-2-8-26-22)27-23(30)16-6-7-20-21(14-16)33-15-32-20/h1-8,13-14H,9-12,15H2,(H,27,30). The second-order valence-corrected chi connectivity index (χ2v) is 8.12. The first kappa shape index (κ1) is 21.1. The summed E-state index contributed by atoms with van der Waals surface area (Å²) in [5.41, 5.74) is 1.64.